The van der Waals surface area contributed by atoms with Gasteiger partial charge < -0.3 is 0 Å². The molecular formula is C27H22N4. The summed E-state index contributed by atoms with van der Waals surface area (Å²) < 4.78 is 0. The van der Waals surface area contributed by atoms with Gasteiger partial charge in [-0.15, -0.1) is 5.10 Å². The van der Waals surface area contributed by atoms with Crippen molar-refractivity contribution in [3.63, 3.8) is 0 Å². The van der Waals surface area contributed by atoms with Crippen molar-refractivity contribution in [3.05, 3.63) is 132 Å². The van der Waals surface area contributed by atoms with Gasteiger partial charge in [0, 0.05) is 5.56 Å². The molecule has 0 amide bonds. The second-order valence-electron chi connectivity index (χ2n) is 7.20. The lowest BCUT2D eigenvalue weighted by molar-refractivity contribution is 0.771. The Bertz CT molecular complexity index is 1180. The van der Waals surface area contributed by atoms with Gasteiger partial charge in [0.05, 0.1) is 11.4 Å². The van der Waals surface area contributed by atoms with Gasteiger partial charge in [-0.25, -0.2) is 0 Å². The fourth-order valence-corrected chi connectivity index (χ4v) is 3.42. The third-order valence-corrected chi connectivity index (χ3v) is 5.04. The lowest BCUT2D eigenvalue weighted by Crippen LogP contribution is -2.44. The number of hydrogen-bond acceptors (Lipinski definition) is 4. The number of para-hydroxylation sites is 1. The Labute approximate surface area is 182 Å². The third-order valence-electron chi connectivity index (χ3n) is 5.04. The van der Waals surface area contributed by atoms with Crippen LogP contribution >= 0.6 is 0 Å². The number of rotatable bonds is 5. The molecule has 0 bridgehead atoms. The van der Waals surface area contributed by atoms with E-state index in [9.17, 15) is 0 Å². The van der Waals surface area contributed by atoms with Crippen LogP contribution in [0.2, 0.25) is 0 Å². The maximum Gasteiger partial charge on any atom is 0.176 e. The van der Waals surface area contributed by atoms with Gasteiger partial charge >= 0.3 is 0 Å². The van der Waals surface area contributed by atoms with Crippen molar-refractivity contribution in [1.82, 2.24) is 5.43 Å². The zero-order valence-electron chi connectivity index (χ0n) is 17.0. The molecule has 0 saturated heterocycles. The molecule has 4 nitrogen and oxygen atoms in total. The zero-order valence-corrected chi connectivity index (χ0v) is 17.0. The van der Waals surface area contributed by atoms with Crippen molar-refractivity contribution >= 4 is 29.4 Å². The molecule has 31 heavy (non-hydrogen) atoms. The van der Waals surface area contributed by atoms with Crippen LogP contribution in [0.5, 0.6) is 0 Å². The lowest BCUT2D eigenvalue weighted by Gasteiger charge is -2.28. The molecule has 0 spiro atoms. The molecular weight excluding hydrogens is 380 g/mol. The molecule has 1 N–H and O–H groups in total. The number of hydrogen-bond donors (Lipinski definition) is 1. The highest BCUT2D eigenvalue weighted by atomic mass is 15.9. The van der Waals surface area contributed by atoms with Crippen LogP contribution in [0.3, 0.4) is 0 Å². The molecule has 0 aliphatic carbocycles. The maximum absolute atomic E-state index is 4.84. The first-order chi connectivity index (χ1) is 15.4. The summed E-state index contributed by atoms with van der Waals surface area (Å²) >= 11 is 0. The van der Waals surface area contributed by atoms with Gasteiger partial charge in [-0.3, -0.25) is 5.43 Å². The van der Waals surface area contributed by atoms with E-state index in [0.29, 0.717) is 0 Å². The first kappa shape index (κ1) is 18.7. The van der Waals surface area contributed by atoms with Crippen LogP contribution in [0, 0.1) is 0 Å². The van der Waals surface area contributed by atoms with Crippen molar-refractivity contribution < 1.29 is 0 Å². The summed E-state index contributed by atoms with van der Waals surface area (Å²) in [5.74, 6) is 0.803. The van der Waals surface area contributed by atoms with Crippen molar-refractivity contribution in [3.8, 4) is 0 Å². The van der Waals surface area contributed by atoms with Crippen LogP contribution < -0.4 is 15.7 Å². The minimum Gasteiger partial charge on any atom is -0.259 e. The number of anilines is 2. The number of nitrogens with zero attached hydrogens (tertiary/aromatic N) is 3. The highest BCUT2D eigenvalue weighted by Crippen LogP contribution is 2.26. The average Bonchev–Trinajstić information content (AvgIpc) is 3.30. The van der Waals surface area contributed by atoms with Gasteiger partial charge in [-0.1, -0.05) is 103 Å². The lowest BCUT2D eigenvalue weighted by atomic mass is 10.1. The largest absolute Gasteiger partial charge is 0.259 e. The monoisotopic (exact) mass is 402 g/mol. The van der Waals surface area contributed by atoms with Gasteiger partial charge in [-0.2, -0.15) is 10.2 Å². The quantitative estimate of drug-likeness (QED) is 0.418. The fourth-order valence-electron chi connectivity index (χ4n) is 3.42. The highest BCUT2D eigenvalue weighted by molar-refractivity contribution is 6.02. The normalized spacial score (nSPS) is 13.4. The summed E-state index contributed by atoms with van der Waals surface area (Å²) in [7, 11) is 0. The van der Waals surface area contributed by atoms with Crippen molar-refractivity contribution in [1.29, 1.82) is 0 Å². The van der Waals surface area contributed by atoms with Crippen LogP contribution in [0.1, 0.15) is 16.7 Å². The first-order valence-electron chi connectivity index (χ1n) is 10.3. The minimum atomic E-state index is 0.803. The van der Waals surface area contributed by atoms with E-state index >= 15 is 0 Å². The summed E-state index contributed by atoms with van der Waals surface area (Å²) in [6.07, 6.45) is 4.24. The Morgan fingerprint density at radius 1 is 0.548 bits per heavy atom. The average molecular weight is 403 g/mol. The van der Waals surface area contributed by atoms with Crippen molar-refractivity contribution in [2.45, 2.75) is 0 Å². The van der Waals surface area contributed by atoms with Gasteiger partial charge in [0.1, 0.15) is 0 Å². The number of benzene rings is 4. The molecule has 0 saturated carbocycles. The van der Waals surface area contributed by atoms with Gasteiger partial charge in [0.2, 0.25) is 0 Å². The Hall–Kier alpha value is -4.31. The number of amidine groups is 1. The van der Waals surface area contributed by atoms with E-state index in [2.05, 4.69) is 66.1 Å². The minimum absolute atomic E-state index is 0.803. The Kier molecular flexibility index (Phi) is 5.18. The second-order valence-corrected chi connectivity index (χ2v) is 7.20. The summed E-state index contributed by atoms with van der Waals surface area (Å²) in [5.41, 5.74) is 8.78. The topological polar surface area (TPSA) is 30.9 Å². The predicted molar refractivity (Wildman–Crippen MR) is 129 cm³/mol. The Morgan fingerprint density at radius 3 is 1.74 bits per heavy atom. The molecule has 1 aliphatic heterocycles. The molecule has 1 aliphatic rings. The molecule has 4 heteroatoms. The van der Waals surface area contributed by atoms with Crippen LogP contribution in [0.4, 0.5) is 11.4 Å². The molecule has 5 rings (SSSR count). The second kappa shape index (κ2) is 8.59. The van der Waals surface area contributed by atoms with Crippen LogP contribution in [0.15, 0.2) is 120 Å². The fraction of sp³-hybridized carbons (Fsp3) is 0. The SMILES string of the molecule is C(=C/c1ccc(N2NC(c3ccccc3)=NN2c2ccccc2)cc1)/c1ccccc1. The zero-order chi connectivity index (χ0) is 20.9. The molecule has 150 valence electrons. The van der Waals surface area contributed by atoms with Crippen molar-refractivity contribution in [2.75, 3.05) is 10.2 Å². The molecule has 0 fully saturated rings. The number of hydrazine groups is 2. The van der Waals surface area contributed by atoms with E-state index in [-0.39, 0.29) is 0 Å². The maximum atomic E-state index is 4.84. The number of hydrazone groups is 1. The summed E-state index contributed by atoms with van der Waals surface area (Å²) in [4.78, 5) is 0. The van der Waals surface area contributed by atoms with Crippen LogP contribution in [0.25, 0.3) is 12.2 Å². The highest BCUT2D eigenvalue weighted by Gasteiger charge is 2.26. The first-order valence-corrected chi connectivity index (χ1v) is 10.3. The Balaban J connectivity index is 1.42. The Morgan fingerprint density at radius 2 is 1.10 bits per heavy atom. The van der Waals surface area contributed by atoms with Crippen LogP contribution in [-0.2, 0) is 0 Å². The van der Waals surface area contributed by atoms with E-state index in [0.717, 1.165) is 28.3 Å². The summed E-state index contributed by atoms with van der Waals surface area (Å²) in [5, 5.41) is 8.68. The van der Waals surface area contributed by atoms with Gasteiger partial charge in [0.25, 0.3) is 0 Å². The smallest absolute Gasteiger partial charge is 0.176 e. The van der Waals surface area contributed by atoms with E-state index in [4.69, 9.17) is 5.10 Å². The molecule has 4 aromatic rings. The predicted octanol–water partition coefficient (Wildman–Crippen LogP) is 5.97. The molecule has 1 heterocycles. The van der Waals surface area contributed by atoms with E-state index in [1.165, 1.54) is 5.56 Å². The molecule has 0 atom stereocenters. The molecule has 0 unspecified atom stereocenters. The third kappa shape index (κ3) is 4.19. The van der Waals surface area contributed by atoms with Crippen LogP contribution in [-0.4, -0.2) is 5.84 Å². The summed E-state index contributed by atoms with van der Waals surface area (Å²) in [6.45, 7) is 0. The molecule has 4 aromatic carbocycles. The standard InChI is InChI=1S/C27H22N4/c1-4-10-22(11-5-1)16-17-23-18-20-26(21-19-23)31-29-27(24-12-6-2-7-13-24)28-30(31)25-14-8-3-9-15-25/h1-21H,(H,28,29)/b17-16-. The van der Waals surface area contributed by atoms with E-state index < -0.39 is 0 Å². The van der Waals surface area contributed by atoms with Gasteiger partial charge in [0.15, 0.2) is 5.84 Å². The van der Waals surface area contributed by atoms with E-state index in [1.54, 1.807) is 0 Å². The van der Waals surface area contributed by atoms with E-state index in [1.807, 2.05) is 77.0 Å². The van der Waals surface area contributed by atoms with Gasteiger partial charge in [-0.05, 0) is 35.4 Å². The number of nitrogens with one attached hydrogen (secondary N) is 1. The molecule has 0 aromatic heterocycles. The van der Waals surface area contributed by atoms with Crippen molar-refractivity contribution in [2.24, 2.45) is 5.10 Å². The summed E-state index contributed by atoms with van der Waals surface area (Å²) in [6, 6.07) is 39.0. The molecule has 0 radical (unpaired) electrons.